The Morgan fingerprint density at radius 1 is 1.14 bits per heavy atom. The van der Waals surface area contributed by atoms with Crippen molar-refractivity contribution in [1.82, 2.24) is 25.2 Å². The van der Waals surface area contributed by atoms with Crippen LogP contribution < -0.4 is 14.8 Å². The predicted octanol–water partition coefficient (Wildman–Crippen LogP) is 2.20. The van der Waals surface area contributed by atoms with E-state index in [1.54, 1.807) is 6.20 Å². The zero-order chi connectivity index (χ0) is 20.2. The summed E-state index contributed by atoms with van der Waals surface area (Å²) in [4.78, 5) is 14.9. The summed E-state index contributed by atoms with van der Waals surface area (Å²) in [6, 6.07) is 4.38. The summed E-state index contributed by atoms with van der Waals surface area (Å²) in [7, 11) is 0. The second kappa shape index (κ2) is 8.82. The fourth-order valence-corrected chi connectivity index (χ4v) is 4.06. The van der Waals surface area contributed by atoms with E-state index in [1.165, 1.54) is 5.56 Å². The summed E-state index contributed by atoms with van der Waals surface area (Å²) in [6.45, 7) is 8.23. The van der Waals surface area contributed by atoms with E-state index in [1.807, 2.05) is 29.5 Å². The van der Waals surface area contributed by atoms with Crippen molar-refractivity contribution in [3.8, 4) is 11.5 Å². The molecular weight excluding hydrogens is 370 g/mol. The highest BCUT2D eigenvalue weighted by Crippen LogP contribution is 2.34. The van der Waals surface area contributed by atoms with Crippen LogP contribution in [0.5, 0.6) is 11.5 Å². The second-order valence-electron chi connectivity index (χ2n) is 7.48. The molecule has 0 unspecified atom stereocenters. The van der Waals surface area contributed by atoms with Gasteiger partial charge in [-0.3, -0.25) is 4.79 Å². The van der Waals surface area contributed by atoms with Gasteiger partial charge in [0.05, 0.1) is 25.5 Å². The van der Waals surface area contributed by atoms with Gasteiger partial charge >= 0.3 is 0 Å². The van der Waals surface area contributed by atoms with Gasteiger partial charge in [-0.25, -0.2) is 4.68 Å². The molecule has 0 saturated carbocycles. The van der Waals surface area contributed by atoms with Crippen molar-refractivity contribution in [1.29, 1.82) is 0 Å². The van der Waals surface area contributed by atoms with E-state index in [0.29, 0.717) is 38.0 Å². The molecule has 1 saturated heterocycles. The van der Waals surface area contributed by atoms with Gasteiger partial charge in [-0.1, -0.05) is 5.21 Å². The Bertz CT molecular complexity index is 860. The number of aromatic nitrogens is 3. The lowest BCUT2D eigenvalue weighted by atomic mass is 9.98. The maximum absolute atomic E-state index is 13.0. The number of carbonyl (C=O) groups is 1. The number of piperidine rings is 1. The number of rotatable bonds is 6. The van der Waals surface area contributed by atoms with Crippen molar-refractivity contribution in [2.24, 2.45) is 0 Å². The van der Waals surface area contributed by atoms with Crippen LogP contribution in [0.25, 0.3) is 0 Å². The van der Waals surface area contributed by atoms with Crippen molar-refractivity contribution in [2.45, 2.75) is 45.7 Å². The van der Waals surface area contributed by atoms with Crippen molar-refractivity contribution in [3.05, 3.63) is 35.2 Å². The summed E-state index contributed by atoms with van der Waals surface area (Å²) in [5.74, 6) is 1.44. The third-order valence-electron chi connectivity index (χ3n) is 5.58. The maximum Gasteiger partial charge on any atom is 0.276 e. The molecule has 1 amide bonds. The number of amides is 1. The monoisotopic (exact) mass is 399 g/mol. The summed E-state index contributed by atoms with van der Waals surface area (Å²) in [5.41, 5.74) is 2.73. The van der Waals surface area contributed by atoms with Gasteiger partial charge in [0.25, 0.3) is 5.91 Å². The van der Waals surface area contributed by atoms with Crippen molar-refractivity contribution in [2.75, 3.05) is 32.8 Å². The number of benzene rings is 1. The average Bonchev–Trinajstić information content (AvgIpc) is 3.24. The molecule has 1 aromatic heterocycles. The second-order valence-corrected chi connectivity index (χ2v) is 7.48. The van der Waals surface area contributed by atoms with E-state index in [-0.39, 0.29) is 5.91 Å². The summed E-state index contributed by atoms with van der Waals surface area (Å²) in [6.07, 6.45) is 4.61. The highest BCUT2D eigenvalue weighted by Gasteiger charge is 2.26. The lowest BCUT2D eigenvalue weighted by Crippen LogP contribution is -2.36. The molecule has 1 fully saturated rings. The topological polar surface area (TPSA) is 81.5 Å². The van der Waals surface area contributed by atoms with Crippen LogP contribution in [0.2, 0.25) is 0 Å². The Balaban J connectivity index is 1.49. The maximum atomic E-state index is 13.0. The number of hydrogen-bond acceptors (Lipinski definition) is 6. The summed E-state index contributed by atoms with van der Waals surface area (Å²) < 4.78 is 13.3. The van der Waals surface area contributed by atoms with Crippen LogP contribution in [0, 0.1) is 0 Å². The fourth-order valence-electron chi connectivity index (χ4n) is 4.06. The Hall–Kier alpha value is -2.61. The minimum Gasteiger partial charge on any atom is -0.490 e. The largest absolute Gasteiger partial charge is 0.490 e. The standard InChI is InChI=1S/C21H29N5O3/c1-3-28-19-11-15-7-10-25(13-16(15)12-20(19)29-4-2)21(27)18-14-26(24-23-18)17-5-8-22-9-6-17/h11-12,14,17,22H,3-10,13H2,1-2H3. The zero-order valence-electron chi connectivity index (χ0n) is 17.2. The first-order valence-electron chi connectivity index (χ1n) is 10.5. The number of hydrogen-bond donors (Lipinski definition) is 1. The Labute approximate surface area is 171 Å². The van der Waals surface area contributed by atoms with Crippen LogP contribution in [0.1, 0.15) is 54.3 Å². The van der Waals surface area contributed by atoms with Gasteiger partial charge in [0, 0.05) is 13.1 Å². The quantitative estimate of drug-likeness (QED) is 0.802. The molecule has 29 heavy (non-hydrogen) atoms. The van der Waals surface area contributed by atoms with Gasteiger partial charge in [-0.15, -0.1) is 5.10 Å². The minimum atomic E-state index is -0.0670. The minimum absolute atomic E-state index is 0.0670. The molecule has 0 atom stereocenters. The predicted molar refractivity (Wildman–Crippen MR) is 108 cm³/mol. The third-order valence-corrected chi connectivity index (χ3v) is 5.58. The molecule has 0 spiro atoms. The van der Waals surface area contributed by atoms with Crippen LogP contribution in [0.15, 0.2) is 18.3 Å². The Kier molecular flexibility index (Phi) is 5.99. The summed E-state index contributed by atoms with van der Waals surface area (Å²) in [5, 5.41) is 11.7. The molecule has 0 bridgehead atoms. The lowest BCUT2D eigenvalue weighted by molar-refractivity contribution is 0.0728. The number of nitrogens with one attached hydrogen (secondary N) is 1. The van der Waals surface area contributed by atoms with Gasteiger partial charge in [0.2, 0.25) is 0 Å². The molecule has 2 aromatic rings. The lowest BCUT2D eigenvalue weighted by Gasteiger charge is -2.29. The van der Waals surface area contributed by atoms with Crippen molar-refractivity contribution in [3.63, 3.8) is 0 Å². The van der Waals surface area contributed by atoms with Gasteiger partial charge in [0.15, 0.2) is 17.2 Å². The first kappa shape index (κ1) is 19.7. The van der Waals surface area contributed by atoms with Gasteiger partial charge in [-0.05, 0) is 69.5 Å². The molecule has 2 aliphatic heterocycles. The molecule has 1 aromatic carbocycles. The number of carbonyl (C=O) groups excluding carboxylic acids is 1. The molecule has 2 aliphatic rings. The normalized spacial score (nSPS) is 17.1. The Morgan fingerprint density at radius 2 is 1.83 bits per heavy atom. The van der Waals surface area contributed by atoms with E-state index in [0.717, 1.165) is 49.4 Å². The van der Waals surface area contributed by atoms with E-state index in [4.69, 9.17) is 9.47 Å². The molecule has 8 nitrogen and oxygen atoms in total. The highest BCUT2D eigenvalue weighted by atomic mass is 16.5. The van der Waals surface area contributed by atoms with Gasteiger partial charge < -0.3 is 19.7 Å². The van der Waals surface area contributed by atoms with Crippen molar-refractivity contribution < 1.29 is 14.3 Å². The van der Waals surface area contributed by atoms with Gasteiger partial charge in [0.1, 0.15) is 0 Å². The van der Waals surface area contributed by atoms with E-state index < -0.39 is 0 Å². The first-order valence-corrected chi connectivity index (χ1v) is 10.5. The first-order chi connectivity index (χ1) is 14.2. The van der Waals surface area contributed by atoms with E-state index in [9.17, 15) is 4.79 Å². The van der Waals surface area contributed by atoms with E-state index >= 15 is 0 Å². The molecule has 0 aliphatic carbocycles. The van der Waals surface area contributed by atoms with Crippen LogP contribution in [-0.2, 0) is 13.0 Å². The fraction of sp³-hybridized carbons (Fsp3) is 0.571. The number of ether oxygens (including phenoxy) is 2. The molecule has 3 heterocycles. The molecule has 0 radical (unpaired) electrons. The van der Waals surface area contributed by atoms with Crippen LogP contribution >= 0.6 is 0 Å². The van der Waals surface area contributed by atoms with Crippen molar-refractivity contribution >= 4 is 5.91 Å². The zero-order valence-corrected chi connectivity index (χ0v) is 17.2. The highest BCUT2D eigenvalue weighted by molar-refractivity contribution is 5.92. The molecular formula is C21H29N5O3. The SMILES string of the molecule is CCOc1cc2c(cc1OCC)CN(C(=O)c1cn(C3CCNCC3)nn1)CC2. The molecule has 8 heteroatoms. The van der Waals surface area contributed by atoms with Gasteiger partial charge in [-0.2, -0.15) is 0 Å². The molecule has 4 rings (SSSR count). The third kappa shape index (κ3) is 4.22. The Morgan fingerprint density at radius 3 is 2.52 bits per heavy atom. The molecule has 156 valence electrons. The van der Waals surface area contributed by atoms with Crippen LogP contribution in [-0.4, -0.2) is 58.6 Å². The average molecular weight is 399 g/mol. The molecule has 1 N–H and O–H groups in total. The van der Waals surface area contributed by atoms with Crippen LogP contribution in [0.4, 0.5) is 0 Å². The van der Waals surface area contributed by atoms with Crippen LogP contribution in [0.3, 0.4) is 0 Å². The smallest absolute Gasteiger partial charge is 0.276 e. The van der Waals surface area contributed by atoms with E-state index in [2.05, 4.69) is 21.7 Å². The summed E-state index contributed by atoms with van der Waals surface area (Å²) >= 11 is 0. The number of nitrogens with zero attached hydrogens (tertiary/aromatic N) is 4. The number of fused-ring (bicyclic) bond motifs is 1.